The van der Waals surface area contributed by atoms with E-state index in [1.165, 1.54) is 5.56 Å². The van der Waals surface area contributed by atoms with Crippen LogP contribution in [0.25, 0.3) is 11.1 Å². The Morgan fingerprint density at radius 2 is 1.75 bits per heavy atom. The highest BCUT2D eigenvalue weighted by atomic mass is 16.5. The van der Waals surface area contributed by atoms with Crippen molar-refractivity contribution in [2.24, 2.45) is 5.73 Å². The zero-order chi connectivity index (χ0) is 14.5. The molecule has 0 aliphatic heterocycles. The summed E-state index contributed by atoms with van der Waals surface area (Å²) in [7, 11) is 0. The Balaban J connectivity index is 2.18. The highest BCUT2D eigenvalue weighted by molar-refractivity contribution is 5.64. The van der Waals surface area contributed by atoms with Crippen LogP contribution >= 0.6 is 0 Å². The highest BCUT2D eigenvalue weighted by Gasteiger charge is 2.04. The van der Waals surface area contributed by atoms with Crippen molar-refractivity contribution in [1.82, 2.24) is 4.98 Å². The molecule has 0 fully saturated rings. The van der Waals surface area contributed by atoms with Crippen molar-refractivity contribution in [3.05, 3.63) is 48.3 Å². The Bertz CT molecular complexity index is 547. The van der Waals surface area contributed by atoms with Gasteiger partial charge in [0.1, 0.15) is 5.75 Å². The van der Waals surface area contributed by atoms with Crippen molar-refractivity contribution in [2.75, 3.05) is 0 Å². The van der Waals surface area contributed by atoms with Gasteiger partial charge in [-0.1, -0.05) is 24.3 Å². The predicted octanol–water partition coefficient (Wildman–Crippen LogP) is 3.43. The van der Waals surface area contributed by atoms with E-state index < -0.39 is 0 Å². The summed E-state index contributed by atoms with van der Waals surface area (Å²) in [5, 5.41) is 0. The minimum atomic E-state index is 0.153. The van der Waals surface area contributed by atoms with Crippen LogP contribution in [0.15, 0.2) is 42.7 Å². The van der Waals surface area contributed by atoms with Crippen LogP contribution in [0.3, 0.4) is 0 Å². The largest absolute Gasteiger partial charge is 0.489 e. The zero-order valence-electron chi connectivity index (χ0n) is 12.3. The molecular formula is C17H22N2O. The van der Waals surface area contributed by atoms with Crippen molar-refractivity contribution in [2.45, 2.75) is 39.3 Å². The molecule has 1 aromatic carbocycles. The Hall–Kier alpha value is -1.87. The summed E-state index contributed by atoms with van der Waals surface area (Å²) >= 11 is 0. The first-order valence-corrected chi connectivity index (χ1v) is 7.01. The van der Waals surface area contributed by atoms with Gasteiger partial charge in [0.25, 0.3) is 0 Å². The van der Waals surface area contributed by atoms with Crippen LogP contribution in [-0.2, 0) is 6.42 Å². The second kappa shape index (κ2) is 6.53. The van der Waals surface area contributed by atoms with Gasteiger partial charge in [-0.15, -0.1) is 0 Å². The van der Waals surface area contributed by atoms with E-state index in [0.717, 1.165) is 23.3 Å². The molecule has 0 saturated carbocycles. The van der Waals surface area contributed by atoms with Gasteiger partial charge in [0.15, 0.2) is 0 Å². The molecule has 1 aromatic heterocycles. The Labute approximate surface area is 120 Å². The van der Waals surface area contributed by atoms with Crippen molar-refractivity contribution in [3.63, 3.8) is 0 Å². The Morgan fingerprint density at radius 1 is 1.05 bits per heavy atom. The molecule has 20 heavy (non-hydrogen) atoms. The van der Waals surface area contributed by atoms with Gasteiger partial charge in [-0.2, -0.15) is 0 Å². The molecule has 2 rings (SSSR count). The van der Waals surface area contributed by atoms with Gasteiger partial charge < -0.3 is 10.5 Å². The van der Waals surface area contributed by atoms with Crippen molar-refractivity contribution in [3.8, 4) is 16.9 Å². The molecule has 2 N–H and O–H groups in total. The zero-order valence-corrected chi connectivity index (χ0v) is 12.3. The summed E-state index contributed by atoms with van der Waals surface area (Å²) < 4.78 is 5.67. The van der Waals surface area contributed by atoms with E-state index in [1.807, 2.05) is 33.0 Å². The maximum atomic E-state index is 5.81. The monoisotopic (exact) mass is 270 g/mol. The fourth-order valence-electron chi connectivity index (χ4n) is 2.12. The second-order valence-electron chi connectivity index (χ2n) is 5.45. The molecule has 0 amide bonds. The van der Waals surface area contributed by atoms with Gasteiger partial charge in [0.05, 0.1) is 12.3 Å². The number of hydrogen-bond donors (Lipinski definition) is 1. The molecule has 3 nitrogen and oxygen atoms in total. The number of nitrogens with two attached hydrogens (primary N) is 1. The van der Waals surface area contributed by atoms with E-state index in [-0.39, 0.29) is 12.1 Å². The summed E-state index contributed by atoms with van der Waals surface area (Å²) in [4.78, 5) is 4.24. The third-order valence-electron chi connectivity index (χ3n) is 2.93. The molecule has 1 unspecified atom stereocenters. The lowest BCUT2D eigenvalue weighted by molar-refractivity contribution is 0.241. The molecule has 0 bridgehead atoms. The van der Waals surface area contributed by atoms with Crippen LogP contribution in [0.4, 0.5) is 0 Å². The standard InChI is InChI=1S/C17H22N2O/c1-12(2)20-17-9-16(10-19-11-17)15-6-4-14(5-7-15)8-13(3)18/h4-7,9-13H,8,18H2,1-3H3. The Kier molecular flexibility index (Phi) is 4.74. The third kappa shape index (κ3) is 4.07. The Morgan fingerprint density at radius 3 is 2.35 bits per heavy atom. The summed E-state index contributed by atoms with van der Waals surface area (Å²) in [6.45, 7) is 6.04. The van der Waals surface area contributed by atoms with E-state index >= 15 is 0 Å². The highest BCUT2D eigenvalue weighted by Crippen LogP contribution is 2.23. The van der Waals surface area contributed by atoms with Crippen molar-refractivity contribution in [1.29, 1.82) is 0 Å². The number of ether oxygens (including phenoxy) is 1. The van der Waals surface area contributed by atoms with E-state index in [9.17, 15) is 0 Å². The average Bonchev–Trinajstić information content (AvgIpc) is 2.38. The fraction of sp³-hybridized carbons (Fsp3) is 0.353. The number of benzene rings is 1. The first-order valence-electron chi connectivity index (χ1n) is 7.01. The second-order valence-corrected chi connectivity index (χ2v) is 5.45. The topological polar surface area (TPSA) is 48.1 Å². The van der Waals surface area contributed by atoms with Crippen LogP contribution in [0.1, 0.15) is 26.3 Å². The van der Waals surface area contributed by atoms with E-state index in [0.29, 0.717) is 0 Å². The van der Waals surface area contributed by atoms with Gasteiger partial charge in [0.2, 0.25) is 0 Å². The molecule has 0 spiro atoms. The molecule has 1 atom stereocenters. The molecule has 0 radical (unpaired) electrons. The summed E-state index contributed by atoms with van der Waals surface area (Å²) in [6, 6.07) is 10.7. The van der Waals surface area contributed by atoms with E-state index in [1.54, 1.807) is 6.20 Å². The molecular weight excluding hydrogens is 248 g/mol. The van der Waals surface area contributed by atoms with Crippen LogP contribution < -0.4 is 10.5 Å². The van der Waals surface area contributed by atoms with Crippen LogP contribution in [0.5, 0.6) is 5.75 Å². The predicted molar refractivity (Wildman–Crippen MR) is 82.8 cm³/mol. The van der Waals surface area contributed by atoms with Gasteiger partial charge in [-0.25, -0.2) is 0 Å². The van der Waals surface area contributed by atoms with Crippen molar-refractivity contribution < 1.29 is 4.74 Å². The summed E-state index contributed by atoms with van der Waals surface area (Å²) in [6.07, 6.45) is 4.65. The third-order valence-corrected chi connectivity index (χ3v) is 2.93. The maximum Gasteiger partial charge on any atom is 0.138 e. The minimum Gasteiger partial charge on any atom is -0.489 e. The average molecular weight is 270 g/mol. The van der Waals surface area contributed by atoms with E-state index in [4.69, 9.17) is 10.5 Å². The number of aromatic nitrogens is 1. The molecule has 0 saturated heterocycles. The van der Waals surface area contributed by atoms with Gasteiger partial charge in [0, 0.05) is 17.8 Å². The SMILES string of the molecule is CC(N)Cc1ccc(-c2cncc(OC(C)C)c2)cc1. The lowest BCUT2D eigenvalue weighted by Gasteiger charge is -2.11. The molecule has 3 heteroatoms. The van der Waals surface area contributed by atoms with E-state index in [2.05, 4.69) is 29.2 Å². The van der Waals surface area contributed by atoms with Crippen molar-refractivity contribution >= 4 is 0 Å². The molecule has 106 valence electrons. The quantitative estimate of drug-likeness (QED) is 0.905. The lowest BCUT2D eigenvalue weighted by Crippen LogP contribution is -2.17. The molecule has 1 heterocycles. The van der Waals surface area contributed by atoms with Crippen LogP contribution in [0.2, 0.25) is 0 Å². The maximum absolute atomic E-state index is 5.81. The normalized spacial score (nSPS) is 12.4. The van der Waals surface area contributed by atoms with Gasteiger partial charge >= 0.3 is 0 Å². The van der Waals surface area contributed by atoms with Gasteiger partial charge in [-0.05, 0) is 44.4 Å². The van der Waals surface area contributed by atoms with Crippen LogP contribution in [0, 0.1) is 0 Å². The molecule has 0 aliphatic rings. The summed E-state index contributed by atoms with van der Waals surface area (Å²) in [5.41, 5.74) is 9.27. The minimum absolute atomic E-state index is 0.153. The number of hydrogen-bond acceptors (Lipinski definition) is 3. The molecule has 0 aliphatic carbocycles. The fourth-order valence-corrected chi connectivity index (χ4v) is 2.12. The first kappa shape index (κ1) is 14.5. The number of pyridine rings is 1. The summed E-state index contributed by atoms with van der Waals surface area (Å²) in [5.74, 6) is 0.803. The lowest BCUT2D eigenvalue weighted by atomic mass is 10.0. The van der Waals surface area contributed by atoms with Gasteiger partial charge in [-0.3, -0.25) is 4.98 Å². The smallest absolute Gasteiger partial charge is 0.138 e. The first-order chi connectivity index (χ1) is 9.54. The molecule has 2 aromatic rings. The number of rotatable bonds is 5. The van der Waals surface area contributed by atoms with Crippen LogP contribution in [-0.4, -0.2) is 17.1 Å². The number of nitrogens with zero attached hydrogens (tertiary/aromatic N) is 1.